The van der Waals surface area contributed by atoms with Crippen LogP contribution in [0, 0.1) is 6.92 Å². The van der Waals surface area contributed by atoms with Crippen LogP contribution < -0.4 is 14.4 Å². The molecule has 2 aromatic carbocycles. The minimum atomic E-state index is 0.128. The second kappa shape index (κ2) is 9.60. The summed E-state index contributed by atoms with van der Waals surface area (Å²) in [5.74, 6) is 1.88. The SMILES string of the molecule is COc1ccc(C(=O)N2CCC[C@H](N3CCN(c4ccccc4OC)CC3)C2)cc1C. The molecule has 2 aliphatic rings. The summed E-state index contributed by atoms with van der Waals surface area (Å²) < 4.78 is 10.9. The van der Waals surface area contributed by atoms with Gasteiger partial charge in [-0.2, -0.15) is 0 Å². The normalized spacial score (nSPS) is 19.9. The van der Waals surface area contributed by atoms with Crippen LogP contribution in [-0.4, -0.2) is 75.2 Å². The summed E-state index contributed by atoms with van der Waals surface area (Å²) in [6.07, 6.45) is 2.21. The maximum absolute atomic E-state index is 13.1. The number of amides is 1. The van der Waals surface area contributed by atoms with E-state index in [-0.39, 0.29) is 5.91 Å². The van der Waals surface area contributed by atoms with Gasteiger partial charge in [-0.15, -0.1) is 0 Å². The number of carbonyl (C=O) groups excluding carboxylic acids is 1. The number of hydrogen-bond donors (Lipinski definition) is 0. The van der Waals surface area contributed by atoms with Crippen molar-refractivity contribution in [2.75, 3.05) is 58.4 Å². The van der Waals surface area contributed by atoms with Crippen LogP contribution in [0.25, 0.3) is 0 Å². The highest BCUT2D eigenvalue weighted by atomic mass is 16.5. The van der Waals surface area contributed by atoms with Gasteiger partial charge in [0.15, 0.2) is 0 Å². The molecule has 1 amide bonds. The highest BCUT2D eigenvalue weighted by Gasteiger charge is 2.31. The molecule has 31 heavy (non-hydrogen) atoms. The number of piperazine rings is 1. The third-order valence-corrected chi connectivity index (χ3v) is 6.58. The van der Waals surface area contributed by atoms with Gasteiger partial charge in [0.1, 0.15) is 11.5 Å². The molecule has 0 radical (unpaired) electrons. The first-order valence-corrected chi connectivity index (χ1v) is 11.2. The Morgan fingerprint density at radius 3 is 2.39 bits per heavy atom. The minimum absolute atomic E-state index is 0.128. The molecule has 0 spiro atoms. The van der Waals surface area contributed by atoms with Gasteiger partial charge >= 0.3 is 0 Å². The monoisotopic (exact) mass is 423 g/mol. The highest BCUT2D eigenvalue weighted by molar-refractivity contribution is 5.94. The van der Waals surface area contributed by atoms with E-state index < -0.39 is 0 Å². The molecule has 6 heteroatoms. The third kappa shape index (κ3) is 4.64. The van der Waals surface area contributed by atoms with Crippen molar-refractivity contribution >= 4 is 11.6 Å². The molecule has 2 fully saturated rings. The molecule has 0 unspecified atom stereocenters. The zero-order valence-electron chi connectivity index (χ0n) is 18.8. The first kappa shape index (κ1) is 21.5. The summed E-state index contributed by atoms with van der Waals surface area (Å²) in [7, 11) is 3.39. The molecule has 0 bridgehead atoms. The van der Waals surface area contributed by atoms with Crippen molar-refractivity contribution in [1.29, 1.82) is 0 Å². The van der Waals surface area contributed by atoms with Gasteiger partial charge in [-0.05, 0) is 55.7 Å². The molecule has 2 saturated heterocycles. The van der Waals surface area contributed by atoms with Crippen LogP contribution in [-0.2, 0) is 0 Å². The minimum Gasteiger partial charge on any atom is -0.496 e. The number of nitrogens with zero attached hydrogens (tertiary/aromatic N) is 3. The molecule has 166 valence electrons. The average molecular weight is 424 g/mol. The number of carbonyl (C=O) groups is 1. The standard InChI is InChI=1S/C25H33N3O3/c1-19-17-20(10-11-23(19)30-2)25(29)28-12-6-7-21(18-28)26-13-15-27(16-14-26)22-8-4-5-9-24(22)31-3/h4-5,8-11,17,21H,6-7,12-16,18H2,1-3H3/t21-/m0/s1. The van der Waals surface area contributed by atoms with Crippen molar-refractivity contribution in [2.24, 2.45) is 0 Å². The number of piperidine rings is 1. The maximum Gasteiger partial charge on any atom is 0.253 e. The molecule has 6 nitrogen and oxygen atoms in total. The Morgan fingerprint density at radius 1 is 0.935 bits per heavy atom. The largest absolute Gasteiger partial charge is 0.496 e. The van der Waals surface area contributed by atoms with E-state index >= 15 is 0 Å². The molecular formula is C25H33N3O3. The number of hydrogen-bond acceptors (Lipinski definition) is 5. The average Bonchev–Trinajstić information content (AvgIpc) is 2.83. The molecule has 2 heterocycles. The van der Waals surface area contributed by atoms with Gasteiger partial charge in [-0.3, -0.25) is 9.69 Å². The van der Waals surface area contributed by atoms with E-state index in [2.05, 4.69) is 21.9 Å². The van der Waals surface area contributed by atoms with E-state index in [0.717, 1.165) is 74.7 Å². The molecule has 2 aromatic rings. The van der Waals surface area contributed by atoms with Crippen molar-refractivity contribution in [3.8, 4) is 11.5 Å². The third-order valence-electron chi connectivity index (χ3n) is 6.58. The number of anilines is 1. The molecule has 0 aliphatic carbocycles. The molecule has 0 N–H and O–H groups in total. The van der Waals surface area contributed by atoms with Crippen molar-refractivity contribution in [3.05, 3.63) is 53.6 Å². The Morgan fingerprint density at radius 2 is 1.68 bits per heavy atom. The van der Waals surface area contributed by atoms with Gasteiger partial charge in [0, 0.05) is 50.9 Å². The molecule has 4 rings (SSSR count). The van der Waals surface area contributed by atoms with Crippen LogP contribution in [0.3, 0.4) is 0 Å². The molecule has 1 atom stereocenters. The van der Waals surface area contributed by atoms with Crippen LogP contribution in [0.15, 0.2) is 42.5 Å². The number of rotatable bonds is 5. The molecule has 2 aliphatic heterocycles. The Kier molecular flexibility index (Phi) is 6.66. The number of aryl methyl sites for hydroxylation is 1. The van der Waals surface area contributed by atoms with Crippen molar-refractivity contribution < 1.29 is 14.3 Å². The van der Waals surface area contributed by atoms with Crippen LogP contribution in [0.4, 0.5) is 5.69 Å². The van der Waals surface area contributed by atoms with Gasteiger partial charge < -0.3 is 19.3 Å². The lowest BCUT2D eigenvalue weighted by atomic mass is 10.0. The summed E-state index contributed by atoms with van der Waals surface area (Å²) in [5, 5.41) is 0. The fourth-order valence-corrected chi connectivity index (χ4v) is 4.85. The molecule has 0 aromatic heterocycles. The van der Waals surface area contributed by atoms with Gasteiger partial charge in [-0.1, -0.05) is 12.1 Å². The second-order valence-corrected chi connectivity index (χ2v) is 8.43. The van der Waals surface area contributed by atoms with E-state index in [1.807, 2.05) is 42.2 Å². The summed E-state index contributed by atoms with van der Waals surface area (Å²) in [5.41, 5.74) is 2.91. The lowest BCUT2D eigenvalue weighted by molar-refractivity contribution is 0.0563. The quantitative estimate of drug-likeness (QED) is 0.737. The number of likely N-dealkylation sites (tertiary alicyclic amines) is 1. The summed E-state index contributed by atoms with van der Waals surface area (Å²) >= 11 is 0. The highest BCUT2D eigenvalue weighted by Crippen LogP contribution is 2.29. The topological polar surface area (TPSA) is 45.2 Å². The lowest BCUT2D eigenvalue weighted by Crippen LogP contribution is -2.55. The lowest BCUT2D eigenvalue weighted by Gasteiger charge is -2.44. The predicted molar refractivity (Wildman–Crippen MR) is 123 cm³/mol. The molecular weight excluding hydrogens is 390 g/mol. The van der Waals surface area contributed by atoms with Crippen LogP contribution in [0.5, 0.6) is 11.5 Å². The van der Waals surface area contributed by atoms with Gasteiger partial charge in [0.25, 0.3) is 5.91 Å². The van der Waals surface area contributed by atoms with Crippen LogP contribution >= 0.6 is 0 Å². The predicted octanol–water partition coefficient (Wildman–Crippen LogP) is 3.44. The Bertz CT molecular complexity index is 909. The Balaban J connectivity index is 1.37. The number of ether oxygens (including phenoxy) is 2. The summed E-state index contributed by atoms with van der Waals surface area (Å²) in [6.45, 7) is 7.58. The smallest absolute Gasteiger partial charge is 0.253 e. The first-order valence-electron chi connectivity index (χ1n) is 11.2. The Hall–Kier alpha value is -2.73. The summed E-state index contributed by atoms with van der Waals surface area (Å²) in [6, 6.07) is 14.4. The number of para-hydroxylation sites is 2. The van der Waals surface area contributed by atoms with Crippen LogP contribution in [0.2, 0.25) is 0 Å². The van der Waals surface area contributed by atoms with E-state index in [0.29, 0.717) is 6.04 Å². The maximum atomic E-state index is 13.1. The van der Waals surface area contributed by atoms with E-state index in [1.165, 1.54) is 5.69 Å². The Labute approximate surface area is 185 Å². The molecule has 0 saturated carbocycles. The zero-order valence-corrected chi connectivity index (χ0v) is 18.8. The van der Waals surface area contributed by atoms with Gasteiger partial charge in [0.05, 0.1) is 19.9 Å². The van der Waals surface area contributed by atoms with Crippen molar-refractivity contribution in [1.82, 2.24) is 9.80 Å². The first-order chi connectivity index (χ1) is 15.1. The fraction of sp³-hybridized carbons (Fsp3) is 0.480. The van der Waals surface area contributed by atoms with Crippen molar-refractivity contribution in [2.45, 2.75) is 25.8 Å². The van der Waals surface area contributed by atoms with Crippen LogP contribution in [0.1, 0.15) is 28.8 Å². The fourth-order valence-electron chi connectivity index (χ4n) is 4.85. The zero-order chi connectivity index (χ0) is 21.8. The van der Waals surface area contributed by atoms with Crippen molar-refractivity contribution in [3.63, 3.8) is 0 Å². The van der Waals surface area contributed by atoms with Gasteiger partial charge in [0.2, 0.25) is 0 Å². The number of benzene rings is 2. The van der Waals surface area contributed by atoms with E-state index in [4.69, 9.17) is 9.47 Å². The van der Waals surface area contributed by atoms with E-state index in [9.17, 15) is 4.79 Å². The number of methoxy groups -OCH3 is 2. The summed E-state index contributed by atoms with van der Waals surface area (Å²) in [4.78, 5) is 20.1. The van der Waals surface area contributed by atoms with Gasteiger partial charge in [-0.25, -0.2) is 0 Å². The van der Waals surface area contributed by atoms with E-state index in [1.54, 1.807) is 14.2 Å². The second-order valence-electron chi connectivity index (χ2n) is 8.43.